The van der Waals surface area contributed by atoms with E-state index in [0.717, 1.165) is 12.8 Å². The third-order valence-corrected chi connectivity index (χ3v) is 2.47. The van der Waals surface area contributed by atoms with Crippen LogP contribution in [0.4, 0.5) is 0 Å². The van der Waals surface area contributed by atoms with Crippen LogP contribution < -0.4 is 0 Å². The largest absolute Gasteiger partial charge is 0.466 e. The zero-order chi connectivity index (χ0) is 12.5. The third kappa shape index (κ3) is 5.91. The van der Waals surface area contributed by atoms with Gasteiger partial charge in [-0.05, 0) is 32.3 Å². The summed E-state index contributed by atoms with van der Waals surface area (Å²) in [6, 6.07) is 10.3. The lowest BCUT2D eigenvalue weighted by atomic mass is 10.1. The number of carbonyl (C=O) groups is 1. The minimum Gasteiger partial charge on any atom is -0.466 e. The fraction of sp³-hybridized carbons (Fsp3) is 0.400. The number of carbonyl (C=O) groups excluding carboxylic acids is 1. The van der Waals surface area contributed by atoms with Crippen molar-refractivity contribution in [2.45, 2.75) is 33.1 Å². The van der Waals surface area contributed by atoms with E-state index in [2.05, 4.69) is 25.1 Å². The number of allylic oxidation sites excluding steroid dienone is 2. The van der Waals surface area contributed by atoms with Gasteiger partial charge >= 0.3 is 5.97 Å². The van der Waals surface area contributed by atoms with Crippen molar-refractivity contribution in [3.8, 4) is 0 Å². The molecular formula is C15H20O2. The van der Waals surface area contributed by atoms with E-state index in [1.54, 1.807) is 0 Å². The Morgan fingerprint density at radius 2 is 2.00 bits per heavy atom. The first-order chi connectivity index (χ1) is 8.22. The SMILES string of the molecule is CCOC(=O)CC/C=C(\C)Cc1ccccc1. The van der Waals surface area contributed by atoms with Crippen molar-refractivity contribution < 1.29 is 9.53 Å². The monoisotopic (exact) mass is 232 g/mol. The van der Waals surface area contributed by atoms with Gasteiger partial charge in [0.1, 0.15) is 0 Å². The number of esters is 1. The van der Waals surface area contributed by atoms with Crippen molar-refractivity contribution in [2.75, 3.05) is 6.61 Å². The molecule has 0 heterocycles. The zero-order valence-corrected chi connectivity index (χ0v) is 10.6. The minimum atomic E-state index is -0.115. The van der Waals surface area contributed by atoms with Crippen molar-refractivity contribution in [1.29, 1.82) is 0 Å². The van der Waals surface area contributed by atoms with Gasteiger partial charge < -0.3 is 4.74 Å². The second-order valence-electron chi connectivity index (χ2n) is 4.06. The van der Waals surface area contributed by atoms with Gasteiger partial charge in [0.2, 0.25) is 0 Å². The predicted molar refractivity (Wildman–Crippen MR) is 69.8 cm³/mol. The molecule has 1 rings (SSSR count). The van der Waals surface area contributed by atoms with Gasteiger partial charge in [-0.1, -0.05) is 42.0 Å². The van der Waals surface area contributed by atoms with E-state index in [9.17, 15) is 4.79 Å². The molecule has 0 aliphatic rings. The summed E-state index contributed by atoms with van der Waals surface area (Å²) in [5.41, 5.74) is 2.60. The summed E-state index contributed by atoms with van der Waals surface area (Å²) in [4.78, 5) is 11.1. The summed E-state index contributed by atoms with van der Waals surface area (Å²) in [7, 11) is 0. The average Bonchev–Trinajstić information content (AvgIpc) is 2.30. The van der Waals surface area contributed by atoms with Crippen LogP contribution in [0.3, 0.4) is 0 Å². The molecule has 0 radical (unpaired) electrons. The maximum Gasteiger partial charge on any atom is 0.306 e. The van der Waals surface area contributed by atoms with Crippen molar-refractivity contribution in [3.05, 3.63) is 47.5 Å². The molecule has 0 saturated carbocycles. The van der Waals surface area contributed by atoms with Crippen molar-refractivity contribution in [1.82, 2.24) is 0 Å². The Morgan fingerprint density at radius 1 is 1.29 bits per heavy atom. The Morgan fingerprint density at radius 3 is 2.65 bits per heavy atom. The normalized spacial score (nSPS) is 11.3. The van der Waals surface area contributed by atoms with E-state index >= 15 is 0 Å². The van der Waals surface area contributed by atoms with Crippen molar-refractivity contribution in [3.63, 3.8) is 0 Å². The first-order valence-corrected chi connectivity index (χ1v) is 6.07. The van der Waals surface area contributed by atoms with Gasteiger partial charge in [0.05, 0.1) is 6.61 Å². The summed E-state index contributed by atoms with van der Waals surface area (Å²) < 4.78 is 4.87. The highest BCUT2D eigenvalue weighted by Crippen LogP contribution is 2.08. The van der Waals surface area contributed by atoms with E-state index in [1.807, 2.05) is 25.1 Å². The van der Waals surface area contributed by atoms with Gasteiger partial charge in [-0.3, -0.25) is 4.79 Å². The van der Waals surface area contributed by atoms with Gasteiger partial charge in [-0.25, -0.2) is 0 Å². The Bertz CT molecular complexity index is 366. The van der Waals surface area contributed by atoms with Gasteiger partial charge in [-0.2, -0.15) is 0 Å². The molecule has 0 N–H and O–H groups in total. The summed E-state index contributed by atoms with van der Waals surface area (Å²) in [5.74, 6) is -0.115. The van der Waals surface area contributed by atoms with Gasteiger partial charge in [-0.15, -0.1) is 0 Å². The van der Waals surface area contributed by atoms with Crippen LogP contribution in [0.2, 0.25) is 0 Å². The number of hydrogen-bond acceptors (Lipinski definition) is 2. The third-order valence-electron chi connectivity index (χ3n) is 2.47. The van der Waals surface area contributed by atoms with Crippen LogP contribution in [0.1, 0.15) is 32.3 Å². The van der Waals surface area contributed by atoms with Crippen molar-refractivity contribution in [2.24, 2.45) is 0 Å². The summed E-state index contributed by atoms with van der Waals surface area (Å²) in [6.07, 6.45) is 4.30. The first-order valence-electron chi connectivity index (χ1n) is 6.07. The fourth-order valence-electron chi connectivity index (χ4n) is 1.66. The molecule has 17 heavy (non-hydrogen) atoms. The van der Waals surface area contributed by atoms with E-state index < -0.39 is 0 Å². The molecule has 2 heteroatoms. The lowest BCUT2D eigenvalue weighted by Gasteiger charge is -2.02. The molecule has 92 valence electrons. The molecule has 0 aliphatic carbocycles. The van der Waals surface area contributed by atoms with Crippen LogP contribution in [0.25, 0.3) is 0 Å². The molecule has 1 aromatic carbocycles. The summed E-state index contributed by atoms with van der Waals surface area (Å²) in [6.45, 7) is 4.39. The molecule has 0 fully saturated rings. The quantitative estimate of drug-likeness (QED) is 0.554. The van der Waals surface area contributed by atoms with Gasteiger partial charge in [0.25, 0.3) is 0 Å². The molecule has 1 aromatic rings. The molecule has 0 amide bonds. The topological polar surface area (TPSA) is 26.3 Å². The molecule has 0 saturated heterocycles. The van der Waals surface area contributed by atoms with Crippen LogP contribution in [0, 0.1) is 0 Å². The number of ether oxygens (including phenoxy) is 1. The minimum absolute atomic E-state index is 0.115. The Kier molecular flexibility index (Phi) is 6.08. The molecule has 0 atom stereocenters. The average molecular weight is 232 g/mol. The number of rotatable bonds is 6. The van der Waals surface area contributed by atoms with Crippen LogP contribution in [0.15, 0.2) is 42.0 Å². The standard InChI is InChI=1S/C15H20O2/c1-3-17-15(16)11-7-8-13(2)12-14-9-5-4-6-10-14/h4-6,8-10H,3,7,11-12H2,1-2H3/b13-8+. The molecule has 0 spiro atoms. The predicted octanol–water partition coefficient (Wildman–Crippen LogP) is 3.52. The number of benzene rings is 1. The summed E-state index contributed by atoms with van der Waals surface area (Å²) in [5, 5.41) is 0. The molecule has 0 aliphatic heterocycles. The van der Waals surface area contributed by atoms with E-state index in [4.69, 9.17) is 4.74 Å². The highest BCUT2D eigenvalue weighted by molar-refractivity contribution is 5.69. The maximum absolute atomic E-state index is 11.1. The van der Waals surface area contributed by atoms with Crippen LogP contribution in [-0.4, -0.2) is 12.6 Å². The van der Waals surface area contributed by atoms with Gasteiger partial charge in [0.15, 0.2) is 0 Å². The Labute approximate surface area is 103 Å². The van der Waals surface area contributed by atoms with E-state index in [-0.39, 0.29) is 5.97 Å². The van der Waals surface area contributed by atoms with Crippen LogP contribution >= 0.6 is 0 Å². The smallest absolute Gasteiger partial charge is 0.306 e. The number of hydrogen-bond donors (Lipinski definition) is 0. The molecule has 0 unspecified atom stereocenters. The second kappa shape index (κ2) is 7.66. The lowest BCUT2D eigenvalue weighted by molar-refractivity contribution is -0.142. The van der Waals surface area contributed by atoms with Crippen LogP contribution in [-0.2, 0) is 16.0 Å². The lowest BCUT2D eigenvalue weighted by Crippen LogP contribution is -2.02. The zero-order valence-electron chi connectivity index (χ0n) is 10.6. The van der Waals surface area contributed by atoms with Gasteiger partial charge in [0, 0.05) is 6.42 Å². The van der Waals surface area contributed by atoms with Crippen LogP contribution in [0.5, 0.6) is 0 Å². The summed E-state index contributed by atoms with van der Waals surface area (Å²) >= 11 is 0. The first kappa shape index (κ1) is 13.5. The fourth-order valence-corrected chi connectivity index (χ4v) is 1.66. The molecular weight excluding hydrogens is 212 g/mol. The highest BCUT2D eigenvalue weighted by Gasteiger charge is 1.99. The molecule has 2 nitrogen and oxygen atoms in total. The molecule has 0 aromatic heterocycles. The Balaban J connectivity index is 2.33. The van der Waals surface area contributed by atoms with E-state index in [1.165, 1.54) is 11.1 Å². The molecule has 0 bridgehead atoms. The highest BCUT2D eigenvalue weighted by atomic mass is 16.5. The van der Waals surface area contributed by atoms with Crippen molar-refractivity contribution >= 4 is 5.97 Å². The van der Waals surface area contributed by atoms with E-state index in [0.29, 0.717) is 13.0 Å². The maximum atomic E-state index is 11.1. The second-order valence-corrected chi connectivity index (χ2v) is 4.06. The Hall–Kier alpha value is -1.57.